The number of rotatable bonds is 4. The van der Waals surface area contributed by atoms with E-state index in [1.165, 1.54) is 33.0 Å². The highest BCUT2D eigenvalue weighted by Crippen LogP contribution is 2.40. The standard InChI is InChI=1S/C16H17FN2S2/c1-4-11-14(8-18-3)20-9(2)15(11)16-19-12-7-10(17)5-6-13(12)21-16/h5-7,18H,4,8H2,1-3H3. The zero-order valence-corrected chi connectivity index (χ0v) is 13.9. The van der Waals surface area contributed by atoms with Gasteiger partial charge in [0.05, 0.1) is 10.2 Å². The molecule has 0 fully saturated rings. The smallest absolute Gasteiger partial charge is 0.126 e. The molecule has 21 heavy (non-hydrogen) atoms. The number of aryl methyl sites for hydroxylation is 1. The summed E-state index contributed by atoms with van der Waals surface area (Å²) in [7, 11) is 1.97. The second-order valence-corrected chi connectivity index (χ2v) is 7.29. The summed E-state index contributed by atoms with van der Waals surface area (Å²) in [6, 6.07) is 4.82. The lowest BCUT2D eigenvalue weighted by Gasteiger charge is -2.03. The first-order valence-corrected chi connectivity index (χ1v) is 8.59. The van der Waals surface area contributed by atoms with Crippen LogP contribution in [0.4, 0.5) is 4.39 Å². The maximum Gasteiger partial charge on any atom is 0.126 e. The van der Waals surface area contributed by atoms with Gasteiger partial charge in [0.25, 0.3) is 0 Å². The minimum Gasteiger partial charge on any atom is -0.315 e. The number of halogens is 1. The average Bonchev–Trinajstić information content (AvgIpc) is 2.98. The molecule has 3 aromatic rings. The van der Waals surface area contributed by atoms with Gasteiger partial charge >= 0.3 is 0 Å². The van der Waals surface area contributed by atoms with Gasteiger partial charge in [-0.05, 0) is 38.1 Å². The van der Waals surface area contributed by atoms with E-state index in [0.29, 0.717) is 0 Å². The van der Waals surface area contributed by atoms with Gasteiger partial charge in [0.1, 0.15) is 10.8 Å². The molecule has 0 saturated carbocycles. The van der Waals surface area contributed by atoms with Crippen LogP contribution in [0.5, 0.6) is 0 Å². The van der Waals surface area contributed by atoms with Crippen molar-refractivity contribution < 1.29 is 4.39 Å². The van der Waals surface area contributed by atoms with E-state index >= 15 is 0 Å². The van der Waals surface area contributed by atoms with Crippen LogP contribution < -0.4 is 5.32 Å². The van der Waals surface area contributed by atoms with Gasteiger partial charge in [-0.25, -0.2) is 9.37 Å². The highest BCUT2D eigenvalue weighted by Gasteiger charge is 2.18. The van der Waals surface area contributed by atoms with Crippen LogP contribution in [0.25, 0.3) is 20.8 Å². The number of hydrogen-bond donors (Lipinski definition) is 1. The highest BCUT2D eigenvalue weighted by molar-refractivity contribution is 7.22. The second kappa shape index (κ2) is 5.83. The summed E-state index contributed by atoms with van der Waals surface area (Å²) in [4.78, 5) is 7.31. The molecular weight excluding hydrogens is 303 g/mol. The first-order chi connectivity index (χ1) is 10.1. The van der Waals surface area contributed by atoms with Gasteiger partial charge in [0.15, 0.2) is 0 Å². The molecule has 0 bridgehead atoms. The molecule has 0 aliphatic heterocycles. The second-order valence-electron chi connectivity index (χ2n) is 4.95. The monoisotopic (exact) mass is 320 g/mol. The van der Waals surface area contributed by atoms with E-state index in [9.17, 15) is 4.39 Å². The Balaban J connectivity index is 2.17. The molecule has 0 aliphatic carbocycles. The molecule has 0 saturated heterocycles. The lowest BCUT2D eigenvalue weighted by Crippen LogP contribution is -2.05. The Kier molecular flexibility index (Phi) is 4.06. The van der Waals surface area contributed by atoms with E-state index < -0.39 is 0 Å². The predicted octanol–water partition coefficient (Wildman–Crippen LogP) is 4.75. The van der Waals surface area contributed by atoms with Crippen LogP contribution in [-0.2, 0) is 13.0 Å². The lowest BCUT2D eigenvalue weighted by molar-refractivity contribution is 0.629. The Bertz CT molecular complexity index is 789. The maximum absolute atomic E-state index is 13.3. The molecule has 2 heterocycles. The highest BCUT2D eigenvalue weighted by atomic mass is 32.1. The zero-order chi connectivity index (χ0) is 15.0. The molecule has 0 unspecified atom stereocenters. The molecule has 0 aliphatic rings. The third-order valence-corrected chi connectivity index (χ3v) is 5.72. The van der Waals surface area contributed by atoms with Crippen LogP contribution in [0, 0.1) is 12.7 Å². The molecular formula is C16H17FN2S2. The summed E-state index contributed by atoms with van der Waals surface area (Å²) in [5.74, 6) is -0.229. The Labute approximate surface area is 131 Å². The van der Waals surface area contributed by atoms with Crippen molar-refractivity contribution in [2.24, 2.45) is 0 Å². The molecule has 2 nitrogen and oxygen atoms in total. The van der Waals surface area contributed by atoms with E-state index in [-0.39, 0.29) is 5.82 Å². The lowest BCUT2D eigenvalue weighted by atomic mass is 10.1. The average molecular weight is 320 g/mol. The van der Waals surface area contributed by atoms with Crippen LogP contribution >= 0.6 is 22.7 Å². The van der Waals surface area contributed by atoms with Gasteiger partial charge in [0.2, 0.25) is 0 Å². The van der Waals surface area contributed by atoms with E-state index in [0.717, 1.165) is 28.2 Å². The SMILES string of the molecule is CCc1c(CNC)sc(C)c1-c1nc2cc(F)ccc2s1. The zero-order valence-electron chi connectivity index (χ0n) is 12.3. The van der Waals surface area contributed by atoms with Gasteiger partial charge < -0.3 is 5.32 Å². The Hall–Kier alpha value is -1.30. The Morgan fingerprint density at radius 1 is 1.29 bits per heavy atom. The van der Waals surface area contributed by atoms with Crippen molar-refractivity contribution in [1.29, 1.82) is 0 Å². The number of aromatic nitrogens is 1. The van der Waals surface area contributed by atoms with Crippen molar-refractivity contribution in [3.63, 3.8) is 0 Å². The van der Waals surface area contributed by atoms with Gasteiger partial charge in [-0.15, -0.1) is 22.7 Å². The number of nitrogens with one attached hydrogen (secondary N) is 1. The fourth-order valence-corrected chi connectivity index (χ4v) is 5.03. The summed E-state index contributed by atoms with van der Waals surface area (Å²) < 4.78 is 14.4. The van der Waals surface area contributed by atoms with Crippen LogP contribution in [0.1, 0.15) is 22.2 Å². The molecule has 3 rings (SSSR count). The first kappa shape index (κ1) is 14.6. The van der Waals surface area contributed by atoms with E-state index in [4.69, 9.17) is 0 Å². The van der Waals surface area contributed by atoms with Crippen LogP contribution in [0.2, 0.25) is 0 Å². The molecule has 0 radical (unpaired) electrons. The topological polar surface area (TPSA) is 24.9 Å². The predicted molar refractivity (Wildman–Crippen MR) is 89.8 cm³/mol. The summed E-state index contributed by atoms with van der Waals surface area (Å²) >= 11 is 3.47. The molecule has 0 amide bonds. The normalized spacial score (nSPS) is 11.4. The largest absolute Gasteiger partial charge is 0.315 e. The third-order valence-electron chi connectivity index (χ3n) is 3.52. The quantitative estimate of drug-likeness (QED) is 0.750. The molecule has 0 atom stereocenters. The van der Waals surface area contributed by atoms with Crippen molar-refractivity contribution in [3.05, 3.63) is 39.3 Å². The Morgan fingerprint density at radius 2 is 2.10 bits per heavy atom. The summed E-state index contributed by atoms with van der Waals surface area (Å²) in [5.41, 5.74) is 3.36. The van der Waals surface area contributed by atoms with E-state index in [2.05, 4.69) is 24.1 Å². The molecule has 1 aromatic carbocycles. The third kappa shape index (κ3) is 2.61. The van der Waals surface area contributed by atoms with Gasteiger partial charge in [-0.2, -0.15) is 0 Å². The van der Waals surface area contributed by atoms with Gasteiger partial charge in [-0.1, -0.05) is 6.92 Å². The van der Waals surface area contributed by atoms with Gasteiger partial charge in [0, 0.05) is 27.9 Å². The molecule has 2 aromatic heterocycles. The van der Waals surface area contributed by atoms with Crippen molar-refractivity contribution in [3.8, 4) is 10.6 Å². The minimum atomic E-state index is -0.229. The number of benzene rings is 1. The van der Waals surface area contributed by atoms with Crippen molar-refractivity contribution in [1.82, 2.24) is 10.3 Å². The molecule has 0 spiro atoms. The van der Waals surface area contributed by atoms with E-state index in [1.54, 1.807) is 11.3 Å². The number of thiazole rings is 1. The summed E-state index contributed by atoms with van der Waals surface area (Å²) in [6.45, 7) is 5.20. The van der Waals surface area contributed by atoms with Crippen molar-refractivity contribution >= 4 is 32.9 Å². The number of nitrogens with zero attached hydrogens (tertiary/aromatic N) is 1. The van der Waals surface area contributed by atoms with Crippen molar-refractivity contribution in [2.75, 3.05) is 7.05 Å². The van der Waals surface area contributed by atoms with Crippen LogP contribution in [0.15, 0.2) is 18.2 Å². The number of hydrogen-bond acceptors (Lipinski definition) is 4. The van der Waals surface area contributed by atoms with Gasteiger partial charge in [-0.3, -0.25) is 0 Å². The van der Waals surface area contributed by atoms with Crippen LogP contribution in [-0.4, -0.2) is 12.0 Å². The molecule has 5 heteroatoms. The fourth-order valence-electron chi connectivity index (χ4n) is 2.61. The summed E-state index contributed by atoms with van der Waals surface area (Å²) in [5, 5.41) is 4.23. The molecule has 110 valence electrons. The van der Waals surface area contributed by atoms with E-state index in [1.807, 2.05) is 24.5 Å². The fraction of sp³-hybridized carbons (Fsp3) is 0.312. The Morgan fingerprint density at radius 3 is 2.81 bits per heavy atom. The summed E-state index contributed by atoms with van der Waals surface area (Å²) in [6.07, 6.45) is 0.987. The van der Waals surface area contributed by atoms with Crippen LogP contribution in [0.3, 0.4) is 0 Å². The molecule has 1 N–H and O–H groups in total. The number of fused-ring (bicyclic) bond motifs is 1. The first-order valence-electron chi connectivity index (χ1n) is 6.96. The number of thiophene rings is 1. The van der Waals surface area contributed by atoms with Crippen molar-refractivity contribution in [2.45, 2.75) is 26.8 Å². The minimum absolute atomic E-state index is 0.229. The maximum atomic E-state index is 13.3.